The molecule has 2 aliphatic carbocycles. The van der Waals surface area contributed by atoms with Crippen molar-refractivity contribution in [2.24, 2.45) is 11.8 Å². The first-order valence-corrected chi connectivity index (χ1v) is 10.7. The van der Waals surface area contributed by atoms with Crippen molar-refractivity contribution in [2.45, 2.75) is 63.5 Å². The lowest BCUT2D eigenvalue weighted by atomic mass is 9.57. The van der Waals surface area contributed by atoms with Crippen molar-refractivity contribution in [3.8, 4) is 0 Å². The number of hydrogen-bond acceptors (Lipinski definition) is 0. The second-order valence-electron chi connectivity index (χ2n) is 8.77. The number of benzene rings is 2. The van der Waals surface area contributed by atoms with E-state index in [0.29, 0.717) is 36.8 Å². The van der Waals surface area contributed by atoms with Crippen LogP contribution >= 0.6 is 0 Å². The first-order chi connectivity index (χ1) is 14.6. The van der Waals surface area contributed by atoms with E-state index < -0.39 is 35.0 Å². The third kappa shape index (κ3) is 3.96. The largest absolute Gasteiger partial charge is 0.422 e. The molecule has 0 radical (unpaired) electrons. The number of hydrogen-bond donors (Lipinski definition) is 0. The van der Waals surface area contributed by atoms with E-state index in [1.807, 2.05) is 6.92 Å². The third-order valence-electron chi connectivity index (χ3n) is 7.05. The van der Waals surface area contributed by atoms with Crippen molar-refractivity contribution in [1.82, 2.24) is 0 Å². The topological polar surface area (TPSA) is 0 Å². The minimum Gasteiger partial charge on any atom is -0.207 e. The standard InChI is InChI=1S/C24H23F7/c1-2-3-12-4-5-15-17(7-6-16-18(15)10-14(25)11-19(16)26)22(12)13-8-20(27)23(21(28)9-13)24(29,30)31/h8-12,15,17,22H,2-7H2,1H3/t12-,15-,17+,22-/m1/s1. The van der Waals surface area contributed by atoms with Crippen LogP contribution in [0.5, 0.6) is 0 Å². The summed E-state index contributed by atoms with van der Waals surface area (Å²) < 4.78 is 96.2. The van der Waals surface area contributed by atoms with Gasteiger partial charge >= 0.3 is 6.18 Å². The van der Waals surface area contributed by atoms with E-state index in [2.05, 4.69) is 0 Å². The van der Waals surface area contributed by atoms with E-state index in [4.69, 9.17) is 0 Å². The van der Waals surface area contributed by atoms with Crippen molar-refractivity contribution in [2.75, 3.05) is 0 Å². The minimum absolute atomic E-state index is 0.0433. The molecule has 2 aromatic carbocycles. The zero-order chi connectivity index (χ0) is 22.5. The molecule has 0 spiro atoms. The molecule has 168 valence electrons. The van der Waals surface area contributed by atoms with Gasteiger partial charge in [0.05, 0.1) is 0 Å². The summed E-state index contributed by atoms with van der Waals surface area (Å²) in [5, 5.41) is 0. The molecule has 2 aromatic rings. The highest BCUT2D eigenvalue weighted by Crippen LogP contribution is 2.55. The predicted octanol–water partition coefficient (Wildman–Crippen LogP) is 7.90. The Bertz CT molecular complexity index is 956. The van der Waals surface area contributed by atoms with Crippen LogP contribution < -0.4 is 0 Å². The van der Waals surface area contributed by atoms with Crippen molar-refractivity contribution in [3.05, 3.63) is 69.8 Å². The number of fused-ring (bicyclic) bond motifs is 3. The van der Waals surface area contributed by atoms with Crippen molar-refractivity contribution >= 4 is 0 Å². The van der Waals surface area contributed by atoms with Crippen molar-refractivity contribution in [3.63, 3.8) is 0 Å². The smallest absolute Gasteiger partial charge is 0.207 e. The molecule has 2 aliphatic rings. The van der Waals surface area contributed by atoms with Crippen LogP contribution in [-0.2, 0) is 12.6 Å². The van der Waals surface area contributed by atoms with E-state index in [0.717, 1.165) is 31.0 Å². The Kier molecular flexibility index (Phi) is 5.81. The van der Waals surface area contributed by atoms with Crippen LogP contribution in [0.4, 0.5) is 30.7 Å². The van der Waals surface area contributed by atoms with Crippen LogP contribution in [0, 0.1) is 35.1 Å². The first-order valence-electron chi connectivity index (χ1n) is 10.7. The molecule has 1 fully saturated rings. The monoisotopic (exact) mass is 444 g/mol. The molecule has 0 amide bonds. The highest BCUT2D eigenvalue weighted by Gasteiger charge is 2.45. The Balaban J connectivity index is 1.79. The van der Waals surface area contributed by atoms with Crippen LogP contribution in [0.25, 0.3) is 0 Å². The maximum Gasteiger partial charge on any atom is 0.422 e. The van der Waals surface area contributed by atoms with Gasteiger partial charge in [0.1, 0.15) is 28.8 Å². The maximum atomic E-state index is 14.4. The molecule has 4 atom stereocenters. The molecule has 0 unspecified atom stereocenters. The van der Waals surface area contributed by atoms with Crippen LogP contribution in [0.3, 0.4) is 0 Å². The summed E-state index contributed by atoms with van der Waals surface area (Å²) in [5.41, 5.74) is -0.619. The Labute approximate surface area is 176 Å². The predicted molar refractivity (Wildman–Crippen MR) is 103 cm³/mol. The van der Waals surface area contributed by atoms with Gasteiger partial charge in [0.2, 0.25) is 0 Å². The molecular formula is C24H23F7. The van der Waals surface area contributed by atoms with Crippen molar-refractivity contribution in [1.29, 1.82) is 0 Å². The zero-order valence-corrected chi connectivity index (χ0v) is 17.0. The lowest BCUT2D eigenvalue weighted by molar-refractivity contribution is -0.142. The lowest BCUT2D eigenvalue weighted by Gasteiger charge is -2.47. The van der Waals surface area contributed by atoms with Gasteiger partial charge in [-0.1, -0.05) is 19.8 Å². The Hall–Kier alpha value is -2.05. The highest BCUT2D eigenvalue weighted by molar-refractivity contribution is 5.39. The Morgan fingerprint density at radius 3 is 2.16 bits per heavy atom. The molecule has 0 aliphatic heterocycles. The van der Waals surface area contributed by atoms with Gasteiger partial charge in [-0.2, -0.15) is 13.2 Å². The van der Waals surface area contributed by atoms with Gasteiger partial charge in [-0.25, -0.2) is 17.6 Å². The molecule has 0 saturated heterocycles. The second kappa shape index (κ2) is 8.14. The second-order valence-corrected chi connectivity index (χ2v) is 8.77. The fourth-order valence-corrected chi connectivity index (χ4v) is 5.95. The molecule has 4 rings (SSSR count). The molecule has 1 saturated carbocycles. The SMILES string of the molecule is CCC[C@@H]1CC[C@H]2c3cc(F)cc(F)c3CC[C@@H]2[C@H]1c1cc(F)c(C(F)(F)F)c(F)c1. The summed E-state index contributed by atoms with van der Waals surface area (Å²) in [5.74, 6) is -5.16. The van der Waals surface area contributed by atoms with Gasteiger partial charge < -0.3 is 0 Å². The molecule has 0 aromatic heterocycles. The van der Waals surface area contributed by atoms with Gasteiger partial charge in [0.15, 0.2) is 0 Å². The molecule has 0 heterocycles. The summed E-state index contributed by atoms with van der Waals surface area (Å²) in [4.78, 5) is 0. The molecule has 0 N–H and O–H groups in total. The van der Waals surface area contributed by atoms with E-state index in [9.17, 15) is 30.7 Å². The zero-order valence-electron chi connectivity index (χ0n) is 17.0. The summed E-state index contributed by atoms with van der Waals surface area (Å²) >= 11 is 0. The fourth-order valence-electron chi connectivity index (χ4n) is 5.95. The molecule has 0 bridgehead atoms. The molecular weight excluding hydrogens is 421 g/mol. The van der Waals surface area contributed by atoms with E-state index >= 15 is 0 Å². The first kappa shape index (κ1) is 22.2. The van der Waals surface area contributed by atoms with Gasteiger partial charge in [-0.05, 0) is 84.2 Å². The van der Waals surface area contributed by atoms with Crippen LogP contribution in [0.2, 0.25) is 0 Å². The molecule has 31 heavy (non-hydrogen) atoms. The number of alkyl halides is 3. The number of rotatable bonds is 3. The fraction of sp³-hybridized carbons (Fsp3) is 0.500. The van der Waals surface area contributed by atoms with Gasteiger partial charge in [0, 0.05) is 6.07 Å². The van der Waals surface area contributed by atoms with E-state index in [1.54, 1.807) is 0 Å². The van der Waals surface area contributed by atoms with Crippen LogP contribution in [0.15, 0.2) is 24.3 Å². The van der Waals surface area contributed by atoms with Crippen LogP contribution in [-0.4, -0.2) is 0 Å². The summed E-state index contributed by atoms with van der Waals surface area (Å²) in [6, 6.07) is 3.81. The Morgan fingerprint density at radius 2 is 1.55 bits per heavy atom. The highest BCUT2D eigenvalue weighted by atomic mass is 19.4. The lowest BCUT2D eigenvalue weighted by Crippen LogP contribution is -2.36. The molecule has 7 heteroatoms. The summed E-state index contributed by atoms with van der Waals surface area (Å²) in [7, 11) is 0. The summed E-state index contributed by atoms with van der Waals surface area (Å²) in [6.45, 7) is 1.98. The Morgan fingerprint density at radius 1 is 0.871 bits per heavy atom. The summed E-state index contributed by atoms with van der Waals surface area (Å²) in [6.07, 6.45) is -1.26. The van der Waals surface area contributed by atoms with E-state index in [1.165, 1.54) is 6.07 Å². The van der Waals surface area contributed by atoms with Gasteiger partial charge in [-0.3, -0.25) is 0 Å². The average molecular weight is 444 g/mol. The normalized spacial score (nSPS) is 25.8. The van der Waals surface area contributed by atoms with Gasteiger partial charge in [0.25, 0.3) is 0 Å². The van der Waals surface area contributed by atoms with Gasteiger partial charge in [-0.15, -0.1) is 0 Å². The quantitative estimate of drug-likeness (QED) is 0.422. The van der Waals surface area contributed by atoms with Crippen LogP contribution in [0.1, 0.15) is 73.1 Å². The average Bonchev–Trinajstić information content (AvgIpc) is 2.65. The van der Waals surface area contributed by atoms with Crippen molar-refractivity contribution < 1.29 is 30.7 Å². The third-order valence-corrected chi connectivity index (χ3v) is 7.05. The maximum absolute atomic E-state index is 14.4. The molecule has 0 nitrogen and oxygen atoms in total. The minimum atomic E-state index is -5.12. The van der Waals surface area contributed by atoms with E-state index in [-0.39, 0.29) is 29.2 Å². The number of halogens is 7.